The molecule has 2 heteroatoms. The molecule has 0 saturated heterocycles. The summed E-state index contributed by atoms with van der Waals surface area (Å²) in [6.07, 6.45) is 5.22. The standard InChI is InChI=1S/C11H14O2/c1-5-11-10(7-4-9(7)13-11)6-2-3-8(6)12-5/h5-9H,2-4H2,1H3/t5-,6?,7+,8-,9?/m0/s1. The predicted molar refractivity (Wildman–Crippen MR) is 47.1 cm³/mol. The van der Waals surface area contributed by atoms with Crippen molar-refractivity contribution in [2.75, 3.05) is 0 Å². The molecule has 0 amide bonds. The maximum atomic E-state index is 5.89. The lowest BCUT2D eigenvalue weighted by Gasteiger charge is -2.43. The highest BCUT2D eigenvalue weighted by molar-refractivity contribution is 5.35. The minimum Gasteiger partial charge on any atom is -0.491 e. The second kappa shape index (κ2) is 1.95. The second-order valence-electron chi connectivity index (χ2n) is 4.82. The maximum absolute atomic E-state index is 5.89. The molecule has 2 saturated carbocycles. The highest BCUT2D eigenvalue weighted by Gasteiger charge is 2.57. The van der Waals surface area contributed by atoms with Crippen LogP contribution in [0.2, 0.25) is 0 Å². The van der Waals surface area contributed by atoms with E-state index in [0.717, 1.165) is 11.8 Å². The van der Waals surface area contributed by atoms with Gasteiger partial charge in [-0.15, -0.1) is 0 Å². The van der Waals surface area contributed by atoms with Gasteiger partial charge in [0.05, 0.1) is 6.10 Å². The Morgan fingerprint density at radius 2 is 2.08 bits per heavy atom. The first-order valence-corrected chi connectivity index (χ1v) is 5.40. The van der Waals surface area contributed by atoms with Crippen LogP contribution in [0.3, 0.4) is 0 Å². The average Bonchev–Trinajstić information content (AvgIpc) is 2.75. The topological polar surface area (TPSA) is 18.5 Å². The van der Waals surface area contributed by atoms with E-state index < -0.39 is 0 Å². The molecule has 0 aromatic heterocycles. The Kier molecular flexibility index (Phi) is 1.03. The molecule has 0 spiro atoms. The number of ether oxygens (including phenoxy) is 2. The summed E-state index contributed by atoms with van der Waals surface area (Å²) in [6.45, 7) is 2.13. The second-order valence-corrected chi connectivity index (χ2v) is 4.82. The summed E-state index contributed by atoms with van der Waals surface area (Å²) < 4.78 is 11.7. The molecule has 5 atom stereocenters. The van der Waals surface area contributed by atoms with Crippen LogP contribution in [-0.2, 0) is 9.47 Å². The van der Waals surface area contributed by atoms with E-state index in [-0.39, 0.29) is 6.10 Å². The molecule has 2 aliphatic heterocycles. The van der Waals surface area contributed by atoms with E-state index in [1.165, 1.54) is 25.0 Å². The summed E-state index contributed by atoms with van der Waals surface area (Å²) in [4.78, 5) is 0. The van der Waals surface area contributed by atoms with Crippen molar-refractivity contribution < 1.29 is 9.47 Å². The van der Waals surface area contributed by atoms with Gasteiger partial charge in [-0.05, 0) is 31.8 Å². The maximum Gasteiger partial charge on any atom is 0.125 e. The van der Waals surface area contributed by atoms with Gasteiger partial charge in [-0.1, -0.05) is 0 Å². The lowest BCUT2D eigenvalue weighted by atomic mass is 9.73. The molecule has 0 bridgehead atoms. The molecule has 2 nitrogen and oxygen atoms in total. The van der Waals surface area contributed by atoms with Crippen molar-refractivity contribution in [1.29, 1.82) is 0 Å². The molecule has 2 fully saturated rings. The van der Waals surface area contributed by atoms with Crippen LogP contribution in [-0.4, -0.2) is 18.3 Å². The van der Waals surface area contributed by atoms with Crippen molar-refractivity contribution in [3.05, 3.63) is 11.3 Å². The zero-order chi connectivity index (χ0) is 8.58. The summed E-state index contributed by atoms with van der Waals surface area (Å²) in [7, 11) is 0. The van der Waals surface area contributed by atoms with Gasteiger partial charge in [-0.3, -0.25) is 0 Å². The fourth-order valence-electron chi connectivity index (χ4n) is 3.14. The van der Waals surface area contributed by atoms with Crippen LogP contribution in [0.25, 0.3) is 0 Å². The third-order valence-corrected chi connectivity index (χ3v) is 4.05. The van der Waals surface area contributed by atoms with Crippen LogP contribution in [0.4, 0.5) is 0 Å². The van der Waals surface area contributed by atoms with Gasteiger partial charge in [0.25, 0.3) is 0 Å². The molecule has 0 aromatic rings. The summed E-state index contributed by atoms with van der Waals surface area (Å²) in [5.74, 6) is 2.75. The largest absolute Gasteiger partial charge is 0.491 e. The molecule has 0 N–H and O–H groups in total. The molecule has 4 aliphatic rings. The summed E-state index contributed by atoms with van der Waals surface area (Å²) >= 11 is 0. The molecule has 2 aliphatic carbocycles. The Bertz CT molecular complexity index is 307. The molecule has 13 heavy (non-hydrogen) atoms. The highest BCUT2D eigenvalue weighted by Crippen LogP contribution is 2.58. The first-order valence-electron chi connectivity index (χ1n) is 5.40. The van der Waals surface area contributed by atoms with Crippen molar-refractivity contribution in [1.82, 2.24) is 0 Å². The molecular formula is C11H14O2. The van der Waals surface area contributed by atoms with Crippen LogP contribution < -0.4 is 0 Å². The smallest absolute Gasteiger partial charge is 0.125 e. The monoisotopic (exact) mass is 178 g/mol. The van der Waals surface area contributed by atoms with E-state index in [4.69, 9.17) is 9.47 Å². The first kappa shape index (κ1) is 6.88. The number of fused-ring (bicyclic) bond motifs is 4. The van der Waals surface area contributed by atoms with E-state index in [1.807, 2.05) is 0 Å². The number of rotatable bonds is 0. The quantitative estimate of drug-likeness (QED) is 0.563. The molecule has 70 valence electrons. The Hall–Kier alpha value is -0.500. The van der Waals surface area contributed by atoms with Crippen molar-refractivity contribution in [3.8, 4) is 0 Å². The van der Waals surface area contributed by atoms with Gasteiger partial charge in [0, 0.05) is 11.8 Å². The van der Waals surface area contributed by atoms with E-state index in [2.05, 4.69) is 6.92 Å². The number of hydrogen-bond acceptors (Lipinski definition) is 2. The molecule has 2 unspecified atom stereocenters. The van der Waals surface area contributed by atoms with Gasteiger partial charge < -0.3 is 9.47 Å². The Morgan fingerprint density at radius 1 is 1.15 bits per heavy atom. The minimum absolute atomic E-state index is 0.240. The Balaban J connectivity index is 1.80. The molecule has 2 heterocycles. The van der Waals surface area contributed by atoms with Gasteiger partial charge in [-0.25, -0.2) is 0 Å². The van der Waals surface area contributed by atoms with Gasteiger partial charge >= 0.3 is 0 Å². The van der Waals surface area contributed by atoms with Crippen molar-refractivity contribution in [2.45, 2.75) is 44.5 Å². The Morgan fingerprint density at radius 3 is 2.85 bits per heavy atom. The van der Waals surface area contributed by atoms with Gasteiger partial charge in [-0.2, -0.15) is 0 Å². The molecule has 0 aromatic carbocycles. The van der Waals surface area contributed by atoms with E-state index in [0.29, 0.717) is 12.2 Å². The van der Waals surface area contributed by atoms with E-state index in [1.54, 1.807) is 5.57 Å². The van der Waals surface area contributed by atoms with E-state index in [9.17, 15) is 0 Å². The lowest BCUT2D eigenvalue weighted by molar-refractivity contribution is -0.0917. The third-order valence-electron chi connectivity index (χ3n) is 4.05. The third kappa shape index (κ3) is 0.700. The highest BCUT2D eigenvalue weighted by atomic mass is 16.6. The number of hydrogen-bond donors (Lipinski definition) is 0. The predicted octanol–water partition coefficient (Wildman–Crippen LogP) is 1.86. The van der Waals surface area contributed by atoms with E-state index >= 15 is 0 Å². The minimum atomic E-state index is 0.240. The molecule has 0 radical (unpaired) electrons. The van der Waals surface area contributed by atoms with Crippen LogP contribution in [0.5, 0.6) is 0 Å². The van der Waals surface area contributed by atoms with Crippen molar-refractivity contribution >= 4 is 0 Å². The summed E-state index contributed by atoms with van der Waals surface area (Å²) in [6, 6.07) is 0. The van der Waals surface area contributed by atoms with Crippen LogP contribution in [0, 0.1) is 11.8 Å². The average molecular weight is 178 g/mol. The Labute approximate surface area is 77.9 Å². The van der Waals surface area contributed by atoms with Crippen LogP contribution >= 0.6 is 0 Å². The SMILES string of the molecule is C[C@@H]1O[C@H]2CCC2C2=C1OC1C[C@@H]21. The molecule has 4 rings (SSSR count). The van der Waals surface area contributed by atoms with Crippen LogP contribution in [0.1, 0.15) is 26.2 Å². The van der Waals surface area contributed by atoms with Crippen molar-refractivity contribution in [3.63, 3.8) is 0 Å². The van der Waals surface area contributed by atoms with Crippen molar-refractivity contribution in [2.24, 2.45) is 11.8 Å². The lowest BCUT2D eigenvalue weighted by Crippen LogP contribution is -2.43. The normalized spacial score (nSPS) is 55.9. The fraction of sp³-hybridized carbons (Fsp3) is 0.818. The zero-order valence-electron chi connectivity index (χ0n) is 7.82. The first-order chi connectivity index (χ1) is 6.34. The summed E-state index contributed by atoms with van der Waals surface area (Å²) in [5.41, 5.74) is 1.65. The summed E-state index contributed by atoms with van der Waals surface area (Å²) in [5, 5.41) is 0. The zero-order valence-corrected chi connectivity index (χ0v) is 7.82. The van der Waals surface area contributed by atoms with Crippen LogP contribution in [0.15, 0.2) is 11.3 Å². The molecular weight excluding hydrogens is 164 g/mol. The fourth-order valence-corrected chi connectivity index (χ4v) is 3.14. The van der Waals surface area contributed by atoms with Gasteiger partial charge in [0.2, 0.25) is 0 Å². The van der Waals surface area contributed by atoms with Gasteiger partial charge in [0.15, 0.2) is 0 Å². The van der Waals surface area contributed by atoms with Gasteiger partial charge in [0.1, 0.15) is 18.0 Å².